The zero-order valence-electron chi connectivity index (χ0n) is 16.2. The molecule has 1 unspecified atom stereocenters. The van der Waals surface area contributed by atoms with Crippen molar-refractivity contribution >= 4 is 29.4 Å². The number of nitrogens with one attached hydrogen (secondary N) is 2. The lowest BCUT2D eigenvalue weighted by Crippen LogP contribution is -2.43. The van der Waals surface area contributed by atoms with E-state index in [1.165, 1.54) is 0 Å². The number of ether oxygens (including phenoxy) is 1. The van der Waals surface area contributed by atoms with E-state index in [1.807, 2.05) is 19.1 Å². The van der Waals surface area contributed by atoms with Crippen LogP contribution in [0, 0.1) is 6.92 Å². The van der Waals surface area contributed by atoms with E-state index in [4.69, 9.17) is 16.3 Å². The summed E-state index contributed by atoms with van der Waals surface area (Å²) in [5.74, 6) is -0.271. The van der Waals surface area contributed by atoms with Crippen LogP contribution >= 0.6 is 11.6 Å². The molecule has 3 rings (SSSR count). The maximum atomic E-state index is 12.8. The van der Waals surface area contributed by atoms with Gasteiger partial charge in [0.2, 0.25) is 5.91 Å². The number of hydrogen-bond donors (Lipinski definition) is 2. The fraction of sp³-hybridized carbons (Fsp3) is 0.286. The molecule has 0 radical (unpaired) electrons. The summed E-state index contributed by atoms with van der Waals surface area (Å²) in [6.45, 7) is 3.70. The number of urea groups is 1. The minimum Gasteiger partial charge on any atom is -0.492 e. The molecule has 1 saturated heterocycles. The zero-order valence-corrected chi connectivity index (χ0v) is 17.0. The second-order valence-electron chi connectivity index (χ2n) is 6.96. The summed E-state index contributed by atoms with van der Waals surface area (Å²) >= 11 is 5.81. The summed E-state index contributed by atoms with van der Waals surface area (Å²) in [7, 11) is 0. The first kappa shape index (κ1) is 20.7. The number of halogens is 1. The maximum Gasteiger partial charge on any atom is 0.325 e. The molecule has 2 aromatic carbocycles. The normalized spacial score (nSPS) is 18.5. The summed E-state index contributed by atoms with van der Waals surface area (Å²) in [6, 6.07) is 13.6. The van der Waals surface area contributed by atoms with Gasteiger partial charge in [0.1, 0.15) is 24.4 Å². The van der Waals surface area contributed by atoms with Gasteiger partial charge in [0.15, 0.2) is 0 Å². The number of imide groups is 1. The highest BCUT2D eigenvalue weighted by molar-refractivity contribution is 6.30. The van der Waals surface area contributed by atoms with Crippen molar-refractivity contribution in [3.63, 3.8) is 0 Å². The molecule has 0 spiro atoms. The SMILES string of the molecule is Cc1ccc(C2(C)NC(=O)N(CC(=O)NCCOc3ccc(Cl)cc3)C2=O)cc1. The van der Waals surface area contributed by atoms with Crippen molar-refractivity contribution in [3.05, 3.63) is 64.7 Å². The van der Waals surface area contributed by atoms with Crippen molar-refractivity contribution in [2.75, 3.05) is 19.7 Å². The van der Waals surface area contributed by atoms with Crippen molar-refractivity contribution in [3.8, 4) is 5.75 Å². The molecule has 0 aliphatic carbocycles. The summed E-state index contributed by atoms with van der Waals surface area (Å²) in [4.78, 5) is 38.2. The molecular weight excluding hydrogens is 394 g/mol. The Hall–Kier alpha value is -3.06. The van der Waals surface area contributed by atoms with Crippen LogP contribution in [0.2, 0.25) is 5.02 Å². The third-order valence-electron chi connectivity index (χ3n) is 4.71. The van der Waals surface area contributed by atoms with Gasteiger partial charge in [0, 0.05) is 5.02 Å². The molecule has 1 aliphatic heterocycles. The molecule has 1 atom stereocenters. The lowest BCUT2D eigenvalue weighted by atomic mass is 9.91. The standard InChI is InChI=1S/C21H22ClN3O4/c1-14-3-5-15(6-4-14)21(2)19(27)25(20(28)24-21)13-18(26)23-11-12-29-17-9-7-16(22)8-10-17/h3-10H,11-13H2,1-2H3,(H,23,26)(H,24,28). The molecule has 2 aromatic rings. The van der Waals surface area contributed by atoms with Crippen molar-refractivity contribution < 1.29 is 19.1 Å². The second kappa shape index (κ2) is 8.53. The van der Waals surface area contributed by atoms with E-state index >= 15 is 0 Å². The van der Waals surface area contributed by atoms with Crippen LogP contribution in [0.25, 0.3) is 0 Å². The molecule has 7 nitrogen and oxygen atoms in total. The average molecular weight is 416 g/mol. The fourth-order valence-corrected chi connectivity index (χ4v) is 3.14. The third-order valence-corrected chi connectivity index (χ3v) is 4.96. The Morgan fingerprint density at radius 3 is 2.45 bits per heavy atom. The van der Waals surface area contributed by atoms with Crippen LogP contribution in [-0.2, 0) is 15.1 Å². The van der Waals surface area contributed by atoms with E-state index in [0.717, 1.165) is 10.5 Å². The Morgan fingerprint density at radius 1 is 1.14 bits per heavy atom. The number of carbonyl (C=O) groups excluding carboxylic acids is 3. The van der Waals surface area contributed by atoms with Crippen LogP contribution in [-0.4, -0.2) is 42.4 Å². The Bertz CT molecular complexity index is 915. The quantitative estimate of drug-likeness (QED) is 0.537. The first-order valence-corrected chi connectivity index (χ1v) is 9.54. The lowest BCUT2D eigenvalue weighted by Gasteiger charge is -2.22. The van der Waals surface area contributed by atoms with E-state index in [2.05, 4.69) is 10.6 Å². The number of hydrogen-bond acceptors (Lipinski definition) is 4. The van der Waals surface area contributed by atoms with Gasteiger partial charge < -0.3 is 15.4 Å². The molecule has 0 bridgehead atoms. The van der Waals surface area contributed by atoms with E-state index in [9.17, 15) is 14.4 Å². The molecule has 152 valence electrons. The van der Waals surface area contributed by atoms with Gasteiger partial charge in [0.25, 0.3) is 5.91 Å². The zero-order chi connectivity index (χ0) is 21.0. The van der Waals surface area contributed by atoms with Crippen molar-refractivity contribution in [2.45, 2.75) is 19.4 Å². The highest BCUT2D eigenvalue weighted by Gasteiger charge is 2.49. The third kappa shape index (κ3) is 4.68. The molecule has 1 aliphatic rings. The first-order chi connectivity index (χ1) is 13.8. The Labute approximate surface area is 174 Å². The van der Waals surface area contributed by atoms with Gasteiger partial charge in [-0.3, -0.25) is 14.5 Å². The van der Waals surface area contributed by atoms with E-state index in [0.29, 0.717) is 16.3 Å². The molecule has 2 N–H and O–H groups in total. The molecule has 1 heterocycles. The first-order valence-electron chi connectivity index (χ1n) is 9.16. The summed E-state index contributed by atoms with van der Waals surface area (Å²) < 4.78 is 5.49. The van der Waals surface area contributed by atoms with Crippen LogP contribution in [0.3, 0.4) is 0 Å². The average Bonchev–Trinajstić information content (AvgIpc) is 2.91. The van der Waals surface area contributed by atoms with Crippen LogP contribution in [0.4, 0.5) is 4.79 Å². The van der Waals surface area contributed by atoms with Gasteiger partial charge in [-0.2, -0.15) is 0 Å². The van der Waals surface area contributed by atoms with Crippen LogP contribution in [0.1, 0.15) is 18.1 Å². The van der Waals surface area contributed by atoms with E-state index in [1.54, 1.807) is 43.3 Å². The predicted octanol–water partition coefficient (Wildman–Crippen LogP) is 2.61. The summed E-state index contributed by atoms with van der Waals surface area (Å²) in [5.41, 5.74) is 0.523. The van der Waals surface area contributed by atoms with Crippen molar-refractivity contribution in [2.24, 2.45) is 0 Å². The molecule has 4 amide bonds. The smallest absolute Gasteiger partial charge is 0.325 e. The van der Waals surface area contributed by atoms with E-state index in [-0.39, 0.29) is 19.7 Å². The van der Waals surface area contributed by atoms with Crippen LogP contribution in [0.15, 0.2) is 48.5 Å². The van der Waals surface area contributed by atoms with E-state index < -0.39 is 23.4 Å². The van der Waals surface area contributed by atoms with Gasteiger partial charge in [-0.05, 0) is 43.7 Å². The second-order valence-corrected chi connectivity index (χ2v) is 7.40. The molecule has 1 fully saturated rings. The van der Waals surface area contributed by atoms with Gasteiger partial charge in [0.05, 0.1) is 6.54 Å². The fourth-order valence-electron chi connectivity index (χ4n) is 3.01. The topological polar surface area (TPSA) is 87.7 Å². The highest BCUT2D eigenvalue weighted by atomic mass is 35.5. The summed E-state index contributed by atoms with van der Waals surface area (Å²) in [5, 5.41) is 5.94. The number of nitrogens with zero attached hydrogens (tertiary/aromatic N) is 1. The number of carbonyl (C=O) groups is 3. The Kier molecular flexibility index (Phi) is 6.08. The number of benzene rings is 2. The van der Waals surface area contributed by atoms with Gasteiger partial charge in [-0.25, -0.2) is 4.79 Å². The lowest BCUT2D eigenvalue weighted by molar-refractivity contribution is -0.134. The van der Waals surface area contributed by atoms with Gasteiger partial charge in [-0.1, -0.05) is 41.4 Å². The highest BCUT2D eigenvalue weighted by Crippen LogP contribution is 2.28. The van der Waals surface area contributed by atoms with Crippen molar-refractivity contribution in [1.82, 2.24) is 15.5 Å². The molecule has 29 heavy (non-hydrogen) atoms. The minimum absolute atomic E-state index is 0.236. The molecule has 0 saturated carbocycles. The Balaban J connectivity index is 1.52. The Morgan fingerprint density at radius 2 is 1.79 bits per heavy atom. The van der Waals surface area contributed by atoms with Crippen molar-refractivity contribution in [1.29, 1.82) is 0 Å². The van der Waals surface area contributed by atoms with Gasteiger partial charge >= 0.3 is 6.03 Å². The van der Waals surface area contributed by atoms with Gasteiger partial charge in [-0.15, -0.1) is 0 Å². The summed E-state index contributed by atoms with van der Waals surface area (Å²) in [6.07, 6.45) is 0. The largest absolute Gasteiger partial charge is 0.492 e. The number of rotatable bonds is 7. The van der Waals surface area contributed by atoms with Crippen LogP contribution < -0.4 is 15.4 Å². The number of aryl methyl sites for hydroxylation is 1. The molecular formula is C21H22ClN3O4. The monoisotopic (exact) mass is 415 g/mol. The van der Waals surface area contributed by atoms with Crippen LogP contribution in [0.5, 0.6) is 5.75 Å². The molecule has 8 heteroatoms. The maximum absolute atomic E-state index is 12.8. The molecule has 0 aromatic heterocycles. The minimum atomic E-state index is -1.19. The predicted molar refractivity (Wildman–Crippen MR) is 109 cm³/mol. The number of amides is 4.